The number of rotatable bonds is 5. The second kappa shape index (κ2) is 7.94. The minimum absolute atomic E-state index is 0.232. The molecule has 1 fully saturated rings. The third-order valence-electron chi connectivity index (χ3n) is 5.07. The van der Waals surface area contributed by atoms with E-state index in [1.54, 1.807) is 42.5 Å². The number of hydrogen-bond acceptors (Lipinski definition) is 6. The number of aromatic nitrogens is 1. The third-order valence-corrected chi connectivity index (χ3v) is 6.98. The second-order valence-corrected chi connectivity index (χ2v) is 9.01. The highest BCUT2D eigenvalue weighted by Crippen LogP contribution is 2.18. The van der Waals surface area contributed by atoms with E-state index >= 15 is 0 Å². The summed E-state index contributed by atoms with van der Waals surface area (Å²) in [4.78, 5) is 18.8. The molecule has 1 saturated heterocycles. The first-order valence-corrected chi connectivity index (χ1v) is 10.8. The fourth-order valence-corrected chi connectivity index (χ4v) is 4.66. The van der Waals surface area contributed by atoms with Crippen molar-refractivity contribution >= 4 is 27.0 Å². The minimum Gasteiger partial charge on any atom is -0.443 e. The minimum atomic E-state index is -3.49. The van der Waals surface area contributed by atoms with Crippen molar-refractivity contribution in [2.75, 3.05) is 33.2 Å². The molecule has 0 saturated carbocycles. The van der Waals surface area contributed by atoms with Crippen LogP contribution in [0.4, 0.5) is 0 Å². The highest BCUT2D eigenvalue weighted by atomic mass is 32.2. The molecule has 0 radical (unpaired) electrons. The highest BCUT2D eigenvalue weighted by Gasteiger charge is 2.27. The number of piperazine rings is 1. The average Bonchev–Trinajstić information content (AvgIpc) is 3.20. The number of sulfonamides is 1. The first-order chi connectivity index (χ1) is 13.9. The number of oxazole rings is 1. The van der Waals surface area contributed by atoms with Crippen LogP contribution in [0.15, 0.2) is 58.2 Å². The second-order valence-electron chi connectivity index (χ2n) is 7.07. The van der Waals surface area contributed by atoms with Crippen LogP contribution in [-0.2, 0) is 16.6 Å². The maximum Gasteiger partial charge on any atom is 0.251 e. The zero-order valence-electron chi connectivity index (χ0n) is 16.0. The lowest BCUT2D eigenvalue weighted by Crippen LogP contribution is -2.47. The number of nitrogens with one attached hydrogen (secondary N) is 1. The molecular weight excluding hydrogens is 392 g/mol. The van der Waals surface area contributed by atoms with Crippen LogP contribution in [-0.4, -0.2) is 61.7 Å². The van der Waals surface area contributed by atoms with Crippen molar-refractivity contribution < 1.29 is 17.6 Å². The van der Waals surface area contributed by atoms with Crippen LogP contribution in [0.1, 0.15) is 15.9 Å². The molecule has 1 aliphatic heterocycles. The van der Waals surface area contributed by atoms with Crippen molar-refractivity contribution in [1.82, 2.24) is 19.5 Å². The number of likely N-dealkylation sites (N-methyl/N-ethyl adjacent to an activating group) is 1. The van der Waals surface area contributed by atoms with E-state index < -0.39 is 10.0 Å². The Hall–Kier alpha value is -2.75. The summed E-state index contributed by atoms with van der Waals surface area (Å²) in [6.07, 6.45) is 1.34. The van der Waals surface area contributed by atoms with Crippen LogP contribution in [0, 0.1) is 0 Å². The molecule has 29 heavy (non-hydrogen) atoms. The van der Waals surface area contributed by atoms with Gasteiger partial charge in [0.25, 0.3) is 5.91 Å². The van der Waals surface area contributed by atoms with Crippen molar-refractivity contribution in [3.8, 4) is 0 Å². The van der Waals surface area contributed by atoms with Gasteiger partial charge in [0.2, 0.25) is 10.0 Å². The van der Waals surface area contributed by atoms with Gasteiger partial charge in [0, 0.05) is 38.3 Å². The summed E-state index contributed by atoms with van der Waals surface area (Å²) in [7, 11) is -1.51. The van der Waals surface area contributed by atoms with E-state index in [1.165, 1.54) is 10.7 Å². The molecule has 1 N–H and O–H groups in total. The largest absolute Gasteiger partial charge is 0.443 e. The lowest BCUT2D eigenvalue weighted by molar-refractivity contribution is 0.0951. The van der Waals surface area contributed by atoms with Crippen molar-refractivity contribution in [3.63, 3.8) is 0 Å². The summed E-state index contributed by atoms with van der Waals surface area (Å²) in [5.74, 6) is -0.232. The Morgan fingerprint density at radius 3 is 2.55 bits per heavy atom. The molecule has 4 rings (SSSR count). The van der Waals surface area contributed by atoms with E-state index in [0.717, 1.165) is 18.7 Å². The van der Waals surface area contributed by atoms with Gasteiger partial charge in [0.05, 0.1) is 4.90 Å². The average molecular weight is 414 g/mol. The molecule has 1 aliphatic rings. The van der Waals surface area contributed by atoms with E-state index in [9.17, 15) is 13.2 Å². The summed E-state index contributed by atoms with van der Waals surface area (Å²) in [5, 5.41) is 2.84. The van der Waals surface area contributed by atoms with E-state index in [4.69, 9.17) is 4.42 Å². The zero-order valence-corrected chi connectivity index (χ0v) is 16.9. The third kappa shape index (κ3) is 4.16. The molecular formula is C20H22N4O4S. The summed E-state index contributed by atoms with van der Waals surface area (Å²) in [6.45, 7) is 2.73. The van der Waals surface area contributed by atoms with Crippen LogP contribution in [0.25, 0.3) is 11.1 Å². The standard InChI is InChI=1S/C20H22N4O4S/c1-23-8-10-24(11-9-23)29(26,27)17-5-2-15(3-6-17)13-21-20(25)16-4-7-19-18(12-16)22-14-28-19/h2-7,12,14H,8-11,13H2,1H3,(H,21,25). The van der Waals surface area contributed by atoms with Crippen molar-refractivity contribution in [1.29, 1.82) is 0 Å². The monoisotopic (exact) mass is 414 g/mol. The van der Waals surface area contributed by atoms with Gasteiger partial charge >= 0.3 is 0 Å². The number of carbonyl (C=O) groups is 1. The first-order valence-electron chi connectivity index (χ1n) is 9.32. The fourth-order valence-electron chi connectivity index (χ4n) is 3.24. The first kappa shape index (κ1) is 19.6. The molecule has 0 unspecified atom stereocenters. The van der Waals surface area contributed by atoms with Crippen LogP contribution in [0.5, 0.6) is 0 Å². The predicted molar refractivity (Wildman–Crippen MR) is 108 cm³/mol. The molecule has 1 aromatic heterocycles. The smallest absolute Gasteiger partial charge is 0.251 e. The van der Waals surface area contributed by atoms with E-state index in [2.05, 4.69) is 15.2 Å². The highest BCUT2D eigenvalue weighted by molar-refractivity contribution is 7.89. The summed E-state index contributed by atoms with van der Waals surface area (Å²) in [5.41, 5.74) is 2.55. The summed E-state index contributed by atoms with van der Waals surface area (Å²) >= 11 is 0. The predicted octanol–water partition coefficient (Wildman–Crippen LogP) is 1.69. The summed E-state index contributed by atoms with van der Waals surface area (Å²) in [6, 6.07) is 11.7. The molecule has 0 bridgehead atoms. The molecule has 3 aromatic rings. The fraction of sp³-hybridized carbons (Fsp3) is 0.300. The van der Waals surface area contributed by atoms with Gasteiger partial charge in [-0.1, -0.05) is 12.1 Å². The van der Waals surface area contributed by atoms with E-state index in [0.29, 0.717) is 36.3 Å². The Kier molecular flexibility index (Phi) is 5.35. The Labute approximate surface area is 169 Å². The molecule has 0 aliphatic carbocycles. The molecule has 2 aromatic carbocycles. The van der Waals surface area contributed by atoms with Gasteiger partial charge in [-0.3, -0.25) is 4.79 Å². The number of hydrogen-bond donors (Lipinski definition) is 1. The Bertz CT molecular complexity index is 1120. The number of carbonyl (C=O) groups excluding carboxylic acids is 1. The Balaban J connectivity index is 1.39. The zero-order chi connectivity index (χ0) is 20.4. The molecule has 1 amide bonds. The van der Waals surface area contributed by atoms with Crippen LogP contribution in [0.2, 0.25) is 0 Å². The number of nitrogens with zero attached hydrogens (tertiary/aromatic N) is 3. The maximum absolute atomic E-state index is 12.8. The maximum atomic E-state index is 12.8. The lowest BCUT2D eigenvalue weighted by Gasteiger charge is -2.31. The molecule has 152 valence electrons. The molecule has 9 heteroatoms. The Morgan fingerprint density at radius 1 is 1.10 bits per heavy atom. The van der Waals surface area contributed by atoms with E-state index in [-0.39, 0.29) is 10.8 Å². The van der Waals surface area contributed by atoms with Gasteiger partial charge in [-0.15, -0.1) is 0 Å². The van der Waals surface area contributed by atoms with Crippen molar-refractivity contribution in [2.24, 2.45) is 0 Å². The van der Waals surface area contributed by atoms with Gasteiger partial charge in [0.1, 0.15) is 5.52 Å². The normalized spacial score (nSPS) is 16.2. The Morgan fingerprint density at radius 2 is 1.83 bits per heavy atom. The van der Waals surface area contributed by atoms with Gasteiger partial charge in [-0.05, 0) is 42.9 Å². The topological polar surface area (TPSA) is 95.8 Å². The van der Waals surface area contributed by atoms with Crippen molar-refractivity contribution in [2.45, 2.75) is 11.4 Å². The van der Waals surface area contributed by atoms with Crippen molar-refractivity contribution in [3.05, 3.63) is 60.0 Å². The van der Waals surface area contributed by atoms with Gasteiger partial charge in [0.15, 0.2) is 12.0 Å². The molecule has 0 spiro atoms. The molecule has 8 nitrogen and oxygen atoms in total. The lowest BCUT2D eigenvalue weighted by atomic mass is 10.2. The number of amides is 1. The van der Waals surface area contributed by atoms with Crippen LogP contribution < -0.4 is 5.32 Å². The molecule has 2 heterocycles. The van der Waals surface area contributed by atoms with Gasteiger partial charge in [-0.2, -0.15) is 4.31 Å². The van der Waals surface area contributed by atoms with Gasteiger partial charge in [-0.25, -0.2) is 13.4 Å². The van der Waals surface area contributed by atoms with E-state index in [1.807, 2.05) is 7.05 Å². The van der Waals surface area contributed by atoms with Gasteiger partial charge < -0.3 is 14.6 Å². The summed E-state index contributed by atoms with van der Waals surface area (Å²) < 4.78 is 32.2. The molecule has 0 atom stereocenters. The SMILES string of the molecule is CN1CCN(S(=O)(=O)c2ccc(CNC(=O)c3ccc4ocnc4c3)cc2)CC1. The van der Waals surface area contributed by atoms with Crippen LogP contribution >= 0.6 is 0 Å². The quantitative estimate of drug-likeness (QED) is 0.683. The van der Waals surface area contributed by atoms with Crippen LogP contribution in [0.3, 0.4) is 0 Å². The number of fused-ring (bicyclic) bond motifs is 1. The number of benzene rings is 2.